The number of anilines is 2. The molecule has 6 rings (SSSR count). The van der Waals surface area contributed by atoms with Crippen LogP contribution < -0.4 is 10.5 Å². The minimum Gasteiger partial charge on any atom is -0.280 e. The molecule has 0 unspecified atom stereocenters. The second-order valence-electron chi connectivity index (χ2n) is 10.5. The van der Waals surface area contributed by atoms with Gasteiger partial charge in [-0.3, -0.25) is 19.1 Å². The monoisotopic (exact) mass is 557 g/mol. The molecule has 0 fully saturated rings. The molecule has 0 spiro atoms. The molecule has 4 aromatic carbocycles. The van der Waals surface area contributed by atoms with Crippen molar-refractivity contribution in [1.29, 1.82) is 0 Å². The van der Waals surface area contributed by atoms with E-state index in [2.05, 4.69) is 26.0 Å². The fourth-order valence-corrected chi connectivity index (χ4v) is 6.49. The molecule has 1 heterocycles. The third-order valence-electron chi connectivity index (χ3n) is 7.91. The predicted octanol–water partition coefficient (Wildman–Crippen LogP) is 7.58. The van der Waals surface area contributed by atoms with Gasteiger partial charge in [-0.2, -0.15) is 0 Å². The van der Waals surface area contributed by atoms with E-state index in [4.69, 9.17) is 4.98 Å². The fourth-order valence-electron chi connectivity index (χ4n) is 5.64. The highest BCUT2D eigenvalue weighted by Crippen LogP contribution is 2.43. The Hall–Kier alpha value is -4.42. The maximum Gasteiger partial charge on any atom is 0.263 e. The Morgan fingerprint density at radius 3 is 2.02 bits per heavy atom. The van der Waals surface area contributed by atoms with E-state index < -0.39 is 0 Å². The van der Waals surface area contributed by atoms with Gasteiger partial charge in [-0.05, 0) is 54.8 Å². The molecule has 1 atom stereocenters. The smallest absolute Gasteiger partial charge is 0.263 e. The molecule has 0 aliphatic heterocycles. The van der Waals surface area contributed by atoms with Crippen LogP contribution in [0.2, 0.25) is 0 Å². The first-order chi connectivity index (χ1) is 20.0. The number of rotatable bonds is 7. The Bertz CT molecular complexity index is 1710. The summed E-state index contributed by atoms with van der Waals surface area (Å²) in [5.41, 5.74) is 5.56. The molecule has 204 valence electrons. The Morgan fingerprint density at radius 2 is 1.41 bits per heavy atom. The van der Waals surface area contributed by atoms with Crippen LogP contribution in [-0.4, -0.2) is 21.2 Å². The molecule has 1 amide bonds. The van der Waals surface area contributed by atoms with Crippen LogP contribution in [0.5, 0.6) is 0 Å². The van der Waals surface area contributed by atoms with Gasteiger partial charge in [-0.25, -0.2) is 4.98 Å². The minimum atomic E-state index is -0.346. The van der Waals surface area contributed by atoms with Gasteiger partial charge in [-0.15, -0.1) is 0 Å². The molecular formula is C35H31N3O2S. The summed E-state index contributed by atoms with van der Waals surface area (Å²) >= 11 is 1.30. The third kappa shape index (κ3) is 5.00. The van der Waals surface area contributed by atoms with E-state index in [0.29, 0.717) is 5.16 Å². The number of benzene rings is 4. The van der Waals surface area contributed by atoms with E-state index in [9.17, 15) is 9.59 Å². The lowest BCUT2D eigenvalue weighted by Gasteiger charge is -2.36. The number of aromatic nitrogens is 2. The van der Waals surface area contributed by atoms with Crippen LogP contribution in [0.25, 0.3) is 16.9 Å². The van der Waals surface area contributed by atoms with Crippen LogP contribution >= 0.6 is 11.8 Å². The molecule has 0 bridgehead atoms. The quantitative estimate of drug-likeness (QED) is 0.153. The van der Waals surface area contributed by atoms with Gasteiger partial charge >= 0.3 is 0 Å². The lowest BCUT2D eigenvalue weighted by atomic mass is 9.69. The molecule has 0 N–H and O–H groups in total. The zero-order chi connectivity index (χ0) is 28.4. The van der Waals surface area contributed by atoms with Gasteiger partial charge in [0, 0.05) is 22.4 Å². The van der Waals surface area contributed by atoms with Gasteiger partial charge in [0.15, 0.2) is 5.16 Å². The fraction of sp³-hybridized carbons (Fsp3) is 0.171. The van der Waals surface area contributed by atoms with Gasteiger partial charge in [0.1, 0.15) is 0 Å². The number of carbonyl (C=O) groups is 1. The molecule has 41 heavy (non-hydrogen) atoms. The summed E-state index contributed by atoms with van der Waals surface area (Å²) in [5, 5.41) is 0.504. The van der Waals surface area contributed by atoms with Crippen LogP contribution in [0.3, 0.4) is 0 Å². The van der Waals surface area contributed by atoms with Crippen molar-refractivity contribution in [3.63, 3.8) is 0 Å². The predicted molar refractivity (Wildman–Crippen MR) is 167 cm³/mol. The molecule has 0 saturated heterocycles. The molecule has 1 aromatic heterocycles. The Labute approximate surface area is 244 Å². The lowest BCUT2D eigenvalue weighted by Crippen LogP contribution is -2.39. The second kappa shape index (κ2) is 11.2. The van der Waals surface area contributed by atoms with E-state index in [1.54, 1.807) is 9.47 Å². The summed E-state index contributed by atoms with van der Waals surface area (Å²) in [6.45, 7) is 4.29. The number of thioether (sulfide) groups is 1. The van der Waals surface area contributed by atoms with Gasteiger partial charge < -0.3 is 0 Å². The number of amides is 1. The van der Waals surface area contributed by atoms with E-state index in [1.807, 2.05) is 103 Å². The maximum atomic E-state index is 14.5. The summed E-state index contributed by atoms with van der Waals surface area (Å²) in [4.78, 5) is 35.2. The number of carbonyl (C=O) groups excluding carboxylic acids is 1. The minimum absolute atomic E-state index is 0.0713. The van der Waals surface area contributed by atoms with Gasteiger partial charge in [0.05, 0.1) is 22.7 Å². The molecule has 5 nitrogen and oxygen atoms in total. The van der Waals surface area contributed by atoms with Crippen molar-refractivity contribution in [2.45, 2.75) is 37.3 Å². The third-order valence-corrected chi connectivity index (χ3v) is 8.83. The summed E-state index contributed by atoms with van der Waals surface area (Å²) in [7, 11) is 0. The molecule has 0 saturated carbocycles. The van der Waals surface area contributed by atoms with Gasteiger partial charge in [0.25, 0.3) is 5.56 Å². The highest BCUT2D eigenvalue weighted by Gasteiger charge is 2.38. The van der Waals surface area contributed by atoms with Crippen molar-refractivity contribution in [2.75, 3.05) is 10.7 Å². The Balaban J connectivity index is 1.47. The zero-order valence-corrected chi connectivity index (χ0v) is 24.0. The van der Waals surface area contributed by atoms with Crippen molar-refractivity contribution in [2.24, 2.45) is 0 Å². The first kappa shape index (κ1) is 26.8. The van der Waals surface area contributed by atoms with Crippen LogP contribution in [0.1, 0.15) is 31.4 Å². The van der Waals surface area contributed by atoms with Crippen molar-refractivity contribution in [3.8, 4) is 16.9 Å². The summed E-state index contributed by atoms with van der Waals surface area (Å²) in [5.74, 6) is 0.00642. The SMILES string of the molecule is CC[C@]1(C)Cc2ccccc2-c2nc(SCC(=O)N(c3ccccc3)c3ccccc3)n(-c3ccccc3)c(=O)c21. The molecular weight excluding hydrogens is 526 g/mol. The van der Waals surface area contributed by atoms with Crippen LogP contribution in [0, 0.1) is 0 Å². The average Bonchev–Trinajstić information content (AvgIpc) is 3.01. The number of hydrogen-bond donors (Lipinski definition) is 0. The van der Waals surface area contributed by atoms with Crippen LogP contribution in [-0.2, 0) is 16.6 Å². The van der Waals surface area contributed by atoms with Crippen molar-refractivity contribution >= 4 is 29.0 Å². The Kier molecular flexibility index (Phi) is 7.33. The average molecular weight is 558 g/mol. The van der Waals surface area contributed by atoms with E-state index in [1.165, 1.54) is 17.3 Å². The van der Waals surface area contributed by atoms with E-state index in [-0.39, 0.29) is 22.6 Å². The van der Waals surface area contributed by atoms with Gasteiger partial charge in [0.2, 0.25) is 5.91 Å². The highest BCUT2D eigenvalue weighted by atomic mass is 32.2. The van der Waals surface area contributed by atoms with Crippen LogP contribution in [0.4, 0.5) is 11.4 Å². The normalized spacial score (nSPS) is 15.6. The Morgan fingerprint density at radius 1 is 0.854 bits per heavy atom. The van der Waals surface area contributed by atoms with Crippen LogP contribution in [0.15, 0.2) is 125 Å². The standard InChI is InChI=1S/C35H31N3O2S/c1-3-35(2)23-25-15-13-14-22-29(25)32-31(35)33(40)38(28-20-11-6-12-21-28)34(36-32)41-24-30(39)37(26-16-7-4-8-17-26)27-18-9-5-10-19-27/h4-22H,3,23-24H2,1-2H3/t35-/m1/s1. The van der Waals surface area contributed by atoms with E-state index in [0.717, 1.165) is 46.7 Å². The zero-order valence-electron chi connectivity index (χ0n) is 23.2. The molecule has 0 radical (unpaired) electrons. The maximum absolute atomic E-state index is 14.5. The van der Waals surface area contributed by atoms with Crippen molar-refractivity contribution < 1.29 is 4.79 Å². The number of fused-ring (bicyclic) bond motifs is 3. The molecule has 6 heteroatoms. The van der Waals surface area contributed by atoms with Gasteiger partial charge in [-0.1, -0.05) is 104 Å². The summed E-state index contributed by atoms with van der Waals surface area (Å²) < 4.78 is 1.69. The first-order valence-corrected chi connectivity index (χ1v) is 14.9. The molecule has 1 aliphatic rings. The molecule has 5 aromatic rings. The second-order valence-corrected chi connectivity index (χ2v) is 11.5. The number of para-hydroxylation sites is 3. The van der Waals surface area contributed by atoms with Crippen molar-refractivity contribution in [3.05, 3.63) is 137 Å². The summed E-state index contributed by atoms with van der Waals surface area (Å²) in [6, 6.07) is 37.1. The largest absolute Gasteiger partial charge is 0.280 e. The van der Waals surface area contributed by atoms with Crippen molar-refractivity contribution in [1.82, 2.24) is 9.55 Å². The topological polar surface area (TPSA) is 55.2 Å². The number of nitrogens with zero attached hydrogens (tertiary/aromatic N) is 3. The first-order valence-electron chi connectivity index (χ1n) is 13.9. The lowest BCUT2D eigenvalue weighted by molar-refractivity contribution is -0.115. The number of hydrogen-bond acceptors (Lipinski definition) is 4. The molecule has 1 aliphatic carbocycles. The highest BCUT2D eigenvalue weighted by molar-refractivity contribution is 7.99. The van der Waals surface area contributed by atoms with E-state index >= 15 is 0 Å². The summed E-state index contributed by atoms with van der Waals surface area (Å²) in [6.07, 6.45) is 1.60.